The Balaban J connectivity index is 1.54. The van der Waals surface area contributed by atoms with Gasteiger partial charge in [-0.15, -0.1) is 5.10 Å². The summed E-state index contributed by atoms with van der Waals surface area (Å²) in [6.07, 6.45) is 6.47. The fraction of sp³-hybridized carbons (Fsp3) is 0.364. The number of aromatic nitrogens is 4. The molecule has 1 saturated heterocycles. The number of benzene rings is 1. The van der Waals surface area contributed by atoms with Crippen molar-refractivity contribution in [1.82, 2.24) is 30.2 Å². The summed E-state index contributed by atoms with van der Waals surface area (Å²) < 4.78 is 1.72. The molecule has 0 saturated carbocycles. The first-order chi connectivity index (χ1) is 14.3. The summed E-state index contributed by atoms with van der Waals surface area (Å²) in [5.74, 6) is -0.0816. The highest BCUT2D eigenvalue weighted by molar-refractivity contribution is 5.92. The number of nitrogens with zero attached hydrogens (tertiary/aromatic N) is 5. The molecule has 0 spiro atoms. The molecule has 3 heterocycles. The first kappa shape index (κ1) is 19.3. The van der Waals surface area contributed by atoms with E-state index in [1.54, 1.807) is 17.1 Å². The Morgan fingerprint density at radius 1 is 1.10 bits per heavy atom. The number of nitrogens with one attached hydrogen (secondary N) is 1. The molecule has 150 valence electrons. The Labute approximate surface area is 170 Å². The van der Waals surface area contributed by atoms with E-state index in [4.69, 9.17) is 0 Å². The van der Waals surface area contributed by atoms with Crippen molar-refractivity contribution >= 4 is 5.91 Å². The third-order valence-corrected chi connectivity index (χ3v) is 5.25. The van der Waals surface area contributed by atoms with E-state index in [1.165, 1.54) is 0 Å². The maximum absolute atomic E-state index is 13.4. The quantitative estimate of drug-likeness (QED) is 0.700. The van der Waals surface area contributed by atoms with Gasteiger partial charge in [0, 0.05) is 12.2 Å². The Kier molecular flexibility index (Phi) is 6.26. The van der Waals surface area contributed by atoms with Gasteiger partial charge in [-0.3, -0.25) is 9.78 Å². The van der Waals surface area contributed by atoms with Crippen molar-refractivity contribution in [3.05, 3.63) is 77.9 Å². The smallest absolute Gasteiger partial charge is 0.276 e. The minimum Gasteiger partial charge on any atom is -0.328 e. The van der Waals surface area contributed by atoms with Crippen LogP contribution in [0.3, 0.4) is 0 Å². The molecule has 7 heteroatoms. The molecule has 4 rings (SSSR count). The van der Waals surface area contributed by atoms with Crippen molar-refractivity contribution in [2.24, 2.45) is 0 Å². The van der Waals surface area contributed by atoms with Crippen molar-refractivity contribution in [1.29, 1.82) is 0 Å². The zero-order valence-corrected chi connectivity index (χ0v) is 16.4. The van der Waals surface area contributed by atoms with E-state index < -0.39 is 0 Å². The molecule has 2 aromatic heterocycles. The van der Waals surface area contributed by atoms with Crippen molar-refractivity contribution in [3.8, 4) is 0 Å². The number of amides is 1. The van der Waals surface area contributed by atoms with Crippen LogP contribution in [0.1, 0.15) is 41.0 Å². The van der Waals surface area contributed by atoms with E-state index in [0.717, 1.165) is 43.6 Å². The van der Waals surface area contributed by atoms with Gasteiger partial charge in [-0.1, -0.05) is 41.6 Å². The molecule has 1 aliphatic heterocycles. The van der Waals surface area contributed by atoms with Crippen LogP contribution in [0.4, 0.5) is 0 Å². The van der Waals surface area contributed by atoms with Gasteiger partial charge in [0.15, 0.2) is 5.69 Å². The Hall–Kier alpha value is -3.06. The number of hydrogen-bond acceptors (Lipinski definition) is 5. The van der Waals surface area contributed by atoms with E-state index in [-0.39, 0.29) is 11.9 Å². The van der Waals surface area contributed by atoms with Crippen LogP contribution >= 0.6 is 0 Å². The molecule has 0 bridgehead atoms. The first-order valence-corrected chi connectivity index (χ1v) is 10.2. The maximum Gasteiger partial charge on any atom is 0.276 e. The predicted molar refractivity (Wildman–Crippen MR) is 110 cm³/mol. The number of rotatable bonds is 6. The fourth-order valence-electron chi connectivity index (χ4n) is 3.74. The highest BCUT2D eigenvalue weighted by Gasteiger charge is 2.28. The minimum atomic E-state index is -0.0816. The van der Waals surface area contributed by atoms with Crippen molar-refractivity contribution in [3.63, 3.8) is 0 Å². The summed E-state index contributed by atoms with van der Waals surface area (Å²) in [4.78, 5) is 19.7. The molecule has 1 aliphatic rings. The molecular formula is C22H26N6O. The molecule has 0 radical (unpaired) electrons. The van der Waals surface area contributed by atoms with Crippen LogP contribution in [-0.2, 0) is 13.1 Å². The largest absolute Gasteiger partial charge is 0.328 e. The average Bonchev–Trinajstić information content (AvgIpc) is 3.05. The lowest BCUT2D eigenvalue weighted by molar-refractivity contribution is 0.0636. The van der Waals surface area contributed by atoms with E-state index in [1.807, 2.05) is 53.4 Å². The lowest BCUT2D eigenvalue weighted by Crippen LogP contribution is -2.40. The summed E-state index contributed by atoms with van der Waals surface area (Å²) >= 11 is 0. The highest BCUT2D eigenvalue weighted by atomic mass is 16.2. The topological polar surface area (TPSA) is 75.9 Å². The standard InChI is InChI=1S/C22H26N6O/c29-22(21-17-27(26-25-21)15-18-7-2-1-3-8-18)28(16-19-9-4-5-13-24-19)20-10-6-12-23-14-11-20/h1-5,7-9,13,17,20,23H,6,10-12,14-16H2. The van der Waals surface area contributed by atoms with E-state index in [0.29, 0.717) is 18.8 Å². The lowest BCUT2D eigenvalue weighted by Gasteiger charge is -2.30. The van der Waals surface area contributed by atoms with Gasteiger partial charge in [0.05, 0.1) is 25.0 Å². The second-order valence-electron chi connectivity index (χ2n) is 7.38. The number of hydrogen-bond donors (Lipinski definition) is 1. The monoisotopic (exact) mass is 390 g/mol. The molecule has 7 nitrogen and oxygen atoms in total. The van der Waals surface area contributed by atoms with Gasteiger partial charge in [-0.2, -0.15) is 0 Å². The number of pyridine rings is 1. The van der Waals surface area contributed by atoms with Crippen LogP contribution in [-0.4, -0.2) is 49.9 Å². The molecule has 1 N–H and O–H groups in total. The van der Waals surface area contributed by atoms with Gasteiger partial charge in [-0.25, -0.2) is 4.68 Å². The summed E-state index contributed by atoms with van der Waals surface area (Å²) in [5, 5.41) is 11.8. The van der Waals surface area contributed by atoms with Gasteiger partial charge in [0.1, 0.15) is 0 Å². The molecule has 0 aliphatic carbocycles. The second kappa shape index (κ2) is 9.43. The molecule has 1 atom stereocenters. The molecule has 29 heavy (non-hydrogen) atoms. The molecule has 3 aromatic rings. The van der Waals surface area contributed by atoms with Crippen LogP contribution in [0.2, 0.25) is 0 Å². The van der Waals surface area contributed by atoms with Gasteiger partial charge in [0.25, 0.3) is 5.91 Å². The third-order valence-electron chi connectivity index (χ3n) is 5.25. The summed E-state index contributed by atoms with van der Waals surface area (Å²) in [5.41, 5.74) is 2.39. The number of carbonyl (C=O) groups excluding carboxylic acids is 1. The van der Waals surface area contributed by atoms with Gasteiger partial charge in [-0.05, 0) is 50.0 Å². The minimum absolute atomic E-state index is 0.0816. The molecule has 1 amide bonds. The van der Waals surface area contributed by atoms with Crippen LogP contribution in [0.15, 0.2) is 60.9 Å². The fourth-order valence-corrected chi connectivity index (χ4v) is 3.74. The summed E-state index contributed by atoms with van der Waals surface area (Å²) in [6.45, 7) is 2.98. The molecule has 1 fully saturated rings. The SMILES string of the molecule is O=C(c1cn(Cc2ccccc2)nn1)N(Cc1ccccn1)C1CCCNCC1. The summed E-state index contributed by atoms with van der Waals surface area (Å²) in [6, 6.07) is 16.0. The Morgan fingerprint density at radius 3 is 2.79 bits per heavy atom. The van der Waals surface area contributed by atoms with E-state index >= 15 is 0 Å². The Bertz CT molecular complexity index is 903. The van der Waals surface area contributed by atoms with Crippen molar-refractivity contribution in [2.75, 3.05) is 13.1 Å². The molecule has 1 aromatic carbocycles. The first-order valence-electron chi connectivity index (χ1n) is 10.2. The summed E-state index contributed by atoms with van der Waals surface area (Å²) in [7, 11) is 0. The van der Waals surface area contributed by atoms with Crippen LogP contribution < -0.4 is 5.32 Å². The number of carbonyl (C=O) groups is 1. The van der Waals surface area contributed by atoms with Crippen molar-refractivity contribution < 1.29 is 4.79 Å². The van der Waals surface area contributed by atoms with Crippen LogP contribution in [0, 0.1) is 0 Å². The van der Waals surface area contributed by atoms with Gasteiger partial charge >= 0.3 is 0 Å². The lowest BCUT2D eigenvalue weighted by atomic mass is 10.1. The van der Waals surface area contributed by atoms with Crippen LogP contribution in [0.5, 0.6) is 0 Å². The predicted octanol–water partition coefficient (Wildman–Crippen LogP) is 2.51. The zero-order chi connectivity index (χ0) is 19.9. The van der Waals surface area contributed by atoms with Gasteiger partial charge in [0.2, 0.25) is 0 Å². The molecular weight excluding hydrogens is 364 g/mol. The second-order valence-corrected chi connectivity index (χ2v) is 7.38. The average molecular weight is 390 g/mol. The highest BCUT2D eigenvalue weighted by Crippen LogP contribution is 2.19. The van der Waals surface area contributed by atoms with Crippen molar-refractivity contribution in [2.45, 2.75) is 38.4 Å². The van der Waals surface area contributed by atoms with Gasteiger partial charge < -0.3 is 10.2 Å². The van der Waals surface area contributed by atoms with E-state index in [2.05, 4.69) is 20.6 Å². The van der Waals surface area contributed by atoms with Crippen LogP contribution in [0.25, 0.3) is 0 Å². The normalized spacial score (nSPS) is 16.9. The maximum atomic E-state index is 13.4. The third kappa shape index (κ3) is 5.06. The zero-order valence-electron chi connectivity index (χ0n) is 16.4. The molecule has 1 unspecified atom stereocenters. The Morgan fingerprint density at radius 2 is 1.97 bits per heavy atom. The van der Waals surface area contributed by atoms with E-state index in [9.17, 15) is 4.79 Å².